The zero-order valence-corrected chi connectivity index (χ0v) is 13.0. The number of rotatable bonds is 1. The second-order valence-corrected chi connectivity index (χ2v) is 6.70. The molecule has 19 heavy (non-hydrogen) atoms. The molecule has 0 amide bonds. The van der Waals surface area contributed by atoms with Crippen LogP contribution in [-0.2, 0) is 5.41 Å². The van der Waals surface area contributed by atoms with Crippen molar-refractivity contribution in [3.05, 3.63) is 16.7 Å². The maximum Gasteiger partial charge on any atom is 0.200 e. The highest BCUT2D eigenvalue weighted by molar-refractivity contribution is 5.87. The van der Waals surface area contributed by atoms with Gasteiger partial charge in [0.15, 0.2) is 5.42 Å². The number of aliphatic imine (C=N–C) groups is 1. The summed E-state index contributed by atoms with van der Waals surface area (Å²) in [6, 6.07) is 0. The second-order valence-electron chi connectivity index (χ2n) is 6.70. The van der Waals surface area contributed by atoms with Gasteiger partial charge in [0.2, 0.25) is 5.89 Å². The van der Waals surface area contributed by atoms with Gasteiger partial charge in [-0.3, -0.25) is 0 Å². The first-order valence-corrected chi connectivity index (χ1v) is 6.53. The molecule has 0 aliphatic carbocycles. The molecule has 0 saturated heterocycles. The third-order valence-corrected chi connectivity index (χ3v) is 2.68. The van der Waals surface area contributed by atoms with E-state index in [1.807, 2.05) is 33.8 Å². The smallest absolute Gasteiger partial charge is 0.200 e. The van der Waals surface area contributed by atoms with Crippen LogP contribution < -0.4 is 16.5 Å². The SMILES string of the molecule is C/C=c1/oc(C(C)(C)C)n/c1=C/N=C(N)C(C)(C)C. The van der Waals surface area contributed by atoms with E-state index in [4.69, 9.17) is 10.2 Å². The molecule has 0 aliphatic heterocycles. The Morgan fingerprint density at radius 2 is 1.79 bits per heavy atom. The summed E-state index contributed by atoms with van der Waals surface area (Å²) in [5.41, 5.74) is 6.39. The quantitative estimate of drug-likeness (QED) is 0.622. The maximum absolute atomic E-state index is 5.93. The van der Waals surface area contributed by atoms with Crippen molar-refractivity contribution >= 4 is 18.1 Å². The summed E-state index contributed by atoms with van der Waals surface area (Å²) in [5, 5.41) is 0.722. The van der Waals surface area contributed by atoms with E-state index in [0.29, 0.717) is 11.7 Å². The molecule has 0 fully saturated rings. The Morgan fingerprint density at radius 1 is 1.21 bits per heavy atom. The number of nitrogens with zero attached hydrogens (tertiary/aromatic N) is 2. The van der Waals surface area contributed by atoms with Gasteiger partial charge in [0, 0.05) is 10.8 Å². The van der Waals surface area contributed by atoms with E-state index in [0.717, 1.165) is 10.8 Å². The third-order valence-electron chi connectivity index (χ3n) is 2.68. The molecule has 0 atom stereocenters. The fraction of sp³-hybridized carbons (Fsp3) is 0.600. The van der Waals surface area contributed by atoms with Gasteiger partial charge in [0.05, 0.1) is 6.20 Å². The maximum atomic E-state index is 5.93. The van der Waals surface area contributed by atoms with Crippen LogP contribution in [0.25, 0.3) is 12.3 Å². The van der Waals surface area contributed by atoms with E-state index in [1.165, 1.54) is 0 Å². The highest BCUT2D eigenvalue weighted by Crippen LogP contribution is 2.17. The van der Waals surface area contributed by atoms with E-state index in [-0.39, 0.29) is 10.8 Å². The van der Waals surface area contributed by atoms with Crippen molar-refractivity contribution in [2.75, 3.05) is 0 Å². The Balaban J connectivity index is 3.33. The molecular weight excluding hydrogens is 238 g/mol. The molecule has 1 aromatic heterocycles. The molecule has 4 nitrogen and oxygen atoms in total. The largest absolute Gasteiger partial charge is 0.440 e. The Hall–Kier alpha value is -1.58. The lowest BCUT2D eigenvalue weighted by molar-refractivity contribution is 0.378. The summed E-state index contributed by atoms with van der Waals surface area (Å²) < 4.78 is 5.74. The van der Waals surface area contributed by atoms with E-state index in [2.05, 4.69) is 30.7 Å². The topological polar surface area (TPSA) is 64.4 Å². The minimum atomic E-state index is -0.150. The number of amidine groups is 1. The molecule has 0 radical (unpaired) electrons. The number of nitrogens with two attached hydrogens (primary N) is 1. The van der Waals surface area contributed by atoms with Crippen molar-refractivity contribution in [3.63, 3.8) is 0 Å². The Kier molecular flexibility index (Phi) is 4.23. The van der Waals surface area contributed by atoms with Gasteiger partial charge in [-0.25, -0.2) is 9.98 Å². The van der Waals surface area contributed by atoms with E-state index >= 15 is 0 Å². The molecule has 0 spiro atoms. The number of hydrogen-bond acceptors (Lipinski definition) is 3. The zero-order chi connectivity index (χ0) is 14.8. The summed E-state index contributed by atoms with van der Waals surface area (Å²) in [7, 11) is 0. The van der Waals surface area contributed by atoms with Crippen LogP contribution in [0.4, 0.5) is 0 Å². The molecule has 0 aliphatic rings. The molecule has 0 aromatic carbocycles. The molecule has 106 valence electrons. The first-order chi connectivity index (χ1) is 8.55. The molecule has 0 unspecified atom stereocenters. The highest BCUT2D eigenvalue weighted by Gasteiger charge is 2.20. The molecule has 0 bridgehead atoms. The third kappa shape index (κ3) is 3.94. The zero-order valence-electron chi connectivity index (χ0n) is 13.0. The fourth-order valence-electron chi connectivity index (χ4n) is 1.29. The summed E-state index contributed by atoms with van der Waals surface area (Å²) in [4.78, 5) is 8.79. The summed E-state index contributed by atoms with van der Waals surface area (Å²) in [6.45, 7) is 14.2. The molecule has 4 heteroatoms. The Morgan fingerprint density at radius 3 is 2.21 bits per heavy atom. The summed E-state index contributed by atoms with van der Waals surface area (Å²) >= 11 is 0. The van der Waals surface area contributed by atoms with Crippen LogP contribution >= 0.6 is 0 Å². The molecule has 1 aromatic rings. The van der Waals surface area contributed by atoms with Crippen molar-refractivity contribution in [1.29, 1.82) is 0 Å². The Labute approximate surface area is 115 Å². The van der Waals surface area contributed by atoms with Crippen LogP contribution in [0.3, 0.4) is 0 Å². The molecule has 1 rings (SSSR count). The van der Waals surface area contributed by atoms with Crippen LogP contribution in [-0.4, -0.2) is 10.8 Å². The molecular formula is C15H25N3O. The monoisotopic (exact) mass is 263 g/mol. The fourth-order valence-corrected chi connectivity index (χ4v) is 1.29. The Bertz CT molecular complexity index is 580. The van der Waals surface area contributed by atoms with Gasteiger partial charge in [0.25, 0.3) is 0 Å². The van der Waals surface area contributed by atoms with Crippen LogP contribution in [0.2, 0.25) is 0 Å². The van der Waals surface area contributed by atoms with Gasteiger partial charge in [-0.05, 0) is 13.0 Å². The van der Waals surface area contributed by atoms with Gasteiger partial charge < -0.3 is 10.2 Å². The van der Waals surface area contributed by atoms with Crippen molar-refractivity contribution < 1.29 is 4.42 Å². The van der Waals surface area contributed by atoms with E-state index in [9.17, 15) is 0 Å². The first-order valence-electron chi connectivity index (χ1n) is 6.53. The van der Waals surface area contributed by atoms with Gasteiger partial charge in [-0.1, -0.05) is 41.5 Å². The predicted molar refractivity (Wildman–Crippen MR) is 80.1 cm³/mol. The standard InChI is InChI=1S/C15H25N3O/c1-8-11-10(9-17-12(16)14(2,3)4)18-13(19-11)15(5,6)7/h8-9H,1-7H3,(H2,16,17)/b10-9+,11-8+. The number of oxazole rings is 1. The molecule has 1 heterocycles. The van der Waals surface area contributed by atoms with Gasteiger partial charge >= 0.3 is 0 Å². The normalized spacial score (nSPS) is 16.3. The van der Waals surface area contributed by atoms with Crippen molar-refractivity contribution in [3.8, 4) is 0 Å². The average molecular weight is 263 g/mol. The van der Waals surface area contributed by atoms with Gasteiger partial charge in [-0.2, -0.15) is 0 Å². The number of aromatic nitrogens is 1. The van der Waals surface area contributed by atoms with E-state index in [1.54, 1.807) is 6.20 Å². The minimum absolute atomic E-state index is 0.122. The molecule has 2 N–H and O–H groups in total. The lowest BCUT2D eigenvalue weighted by atomic mass is 9.95. The highest BCUT2D eigenvalue weighted by atomic mass is 16.3. The second kappa shape index (κ2) is 5.19. The lowest BCUT2D eigenvalue weighted by Gasteiger charge is -2.16. The first kappa shape index (κ1) is 15.5. The van der Waals surface area contributed by atoms with Crippen molar-refractivity contribution in [2.24, 2.45) is 16.1 Å². The van der Waals surface area contributed by atoms with Crippen LogP contribution in [0.1, 0.15) is 54.4 Å². The lowest BCUT2D eigenvalue weighted by Crippen LogP contribution is -2.29. The molecule has 0 saturated carbocycles. The average Bonchev–Trinajstić information content (AvgIpc) is 2.67. The van der Waals surface area contributed by atoms with Crippen LogP contribution in [0.15, 0.2) is 9.41 Å². The van der Waals surface area contributed by atoms with Gasteiger partial charge in [0.1, 0.15) is 11.2 Å². The predicted octanol–water partition coefficient (Wildman–Crippen LogP) is 1.91. The number of hydrogen-bond donors (Lipinski definition) is 1. The van der Waals surface area contributed by atoms with Crippen LogP contribution in [0.5, 0.6) is 0 Å². The summed E-state index contributed by atoms with van der Waals surface area (Å²) in [6.07, 6.45) is 3.56. The van der Waals surface area contributed by atoms with Crippen molar-refractivity contribution in [1.82, 2.24) is 4.98 Å². The minimum Gasteiger partial charge on any atom is -0.440 e. The van der Waals surface area contributed by atoms with Crippen molar-refractivity contribution in [2.45, 2.75) is 53.9 Å². The van der Waals surface area contributed by atoms with Gasteiger partial charge in [-0.15, -0.1) is 0 Å². The van der Waals surface area contributed by atoms with Crippen LogP contribution in [0, 0.1) is 5.41 Å². The summed E-state index contributed by atoms with van der Waals surface area (Å²) in [5.74, 6) is 1.28. The van der Waals surface area contributed by atoms with E-state index < -0.39 is 0 Å².